The molecule has 2 aliphatic heterocycles. The van der Waals surface area contributed by atoms with E-state index in [4.69, 9.17) is 0 Å². The Morgan fingerprint density at radius 2 is 1.70 bits per heavy atom. The highest BCUT2D eigenvalue weighted by Gasteiger charge is 2.36. The van der Waals surface area contributed by atoms with E-state index in [9.17, 15) is 4.39 Å². The van der Waals surface area contributed by atoms with Crippen molar-refractivity contribution in [3.63, 3.8) is 0 Å². The Balaban J connectivity index is 1.49. The van der Waals surface area contributed by atoms with E-state index < -0.39 is 0 Å². The molecule has 2 aromatic rings. The summed E-state index contributed by atoms with van der Waals surface area (Å²) in [6.45, 7) is 4.51. The van der Waals surface area contributed by atoms with Crippen LogP contribution in [0.4, 0.5) is 10.1 Å². The van der Waals surface area contributed by atoms with Gasteiger partial charge in [-0.15, -0.1) is 0 Å². The lowest BCUT2D eigenvalue weighted by Gasteiger charge is -2.19. The SMILES string of the molecule is Fc1ccc(/C=C/c2cncc(N3C[C@H]4CNC[C@H]4C3)c2)cc1. The third-order valence-corrected chi connectivity index (χ3v) is 4.84. The lowest BCUT2D eigenvalue weighted by molar-refractivity contribution is 0.533. The zero-order valence-electron chi connectivity index (χ0n) is 13.0. The molecule has 0 amide bonds. The predicted octanol–water partition coefficient (Wildman–Crippen LogP) is 3.05. The van der Waals surface area contributed by atoms with Crippen LogP contribution in [0.5, 0.6) is 0 Å². The van der Waals surface area contributed by atoms with Crippen LogP contribution >= 0.6 is 0 Å². The number of hydrogen-bond donors (Lipinski definition) is 1. The van der Waals surface area contributed by atoms with Crippen LogP contribution in [0.3, 0.4) is 0 Å². The van der Waals surface area contributed by atoms with Gasteiger partial charge in [0.25, 0.3) is 0 Å². The van der Waals surface area contributed by atoms with Crippen molar-refractivity contribution < 1.29 is 4.39 Å². The van der Waals surface area contributed by atoms with E-state index in [-0.39, 0.29) is 5.82 Å². The topological polar surface area (TPSA) is 28.2 Å². The fourth-order valence-electron chi connectivity index (χ4n) is 3.54. The Hall–Kier alpha value is -2.20. The van der Waals surface area contributed by atoms with Crippen molar-refractivity contribution in [1.82, 2.24) is 10.3 Å². The molecule has 1 aromatic heterocycles. The number of fused-ring (bicyclic) bond motifs is 1. The van der Waals surface area contributed by atoms with Crippen LogP contribution in [0.2, 0.25) is 0 Å². The second kappa shape index (κ2) is 6.13. The molecular weight excluding hydrogens is 289 g/mol. The normalized spacial score (nSPS) is 23.6. The predicted molar refractivity (Wildman–Crippen MR) is 91.6 cm³/mol. The van der Waals surface area contributed by atoms with Gasteiger partial charge in [-0.25, -0.2) is 4.39 Å². The first-order valence-electron chi connectivity index (χ1n) is 8.12. The molecule has 2 atom stereocenters. The molecule has 0 aliphatic carbocycles. The van der Waals surface area contributed by atoms with Gasteiger partial charge in [0.15, 0.2) is 0 Å². The van der Waals surface area contributed by atoms with Gasteiger partial charge in [-0.05, 0) is 41.2 Å². The molecule has 1 aromatic carbocycles. The third kappa shape index (κ3) is 3.13. The van der Waals surface area contributed by atoms with E-state index >= 15 is 0 Å². The fourth-order valence-corrected chi connectivity index (χ4v) is 3.54. The number of anilines is 1. The molecule has 0 saturated carbocycles. The zero-order chi connectivity index (χ0) is 15.6. The van der Waals surface area contributed by atoms with Gasteiger partial charge in [-0.2, -0.15) is 0 Å². The fraction of sp³-hybridized carbons (Fsp3) is 0.316. The molecule has 0 unspecified atom stereocenters. The number of halogens is 1. The molecule has 3 heterocycles. The van der Waals surface area contributed by atoms with Gasteiger partial charge in [0.05, 0.1) is 11.9 Å². The summed E-state index contributed by atoms with van der Waals surface area (Å²) in [6.07, 6.45) is 7.83. The van der Waals surface area contributed by atoms with Crippen molar-refractivity contribution in [3.8, 4) is 0 Å². The summed E-state index contributed by atoms with van der Waals surface area (Å²) in [5, 5.41) is 3.47. The van der Waals surface area contributed by atoms with Gasteiger partial charge in [0, 0.05) is 32.4 Å². The first kappa shape index (κ1) is 14.4. The standard InChI is InChI=1S/C19H20FN3/c20-18-5-3-14(4-6-18)1-2-15-7-19(11-21-8-15)23-12-16-9-22-10-17(16)13-23/h1-8,11,16-17,22H,9-10,12-13H2/b2-1+/t16-,17+. The van der Waals surface area contributed by atoms with Gasteiger partial charge < -0.3 is 10.2 Å². The molecule has 4 rings (SSSR count). The molecule has 1 N–H and O–H groups in total. The molecule has 2 aliphatic rings. The van der Waals surface area contributed by atoms with Crippen LogP contribution < -0.4 is 10.2 Å². The monoisotopic (exact) mass is 309 g/mol. The summed E-state index contributed by atoms with van der Waals surface area (Å²) < 4.78 is 12.9. The summed E-state index contributed by atoms with van der Waals surface area (Å²) in [5.74, 6) is 1.33. The molecule has 0 bridgehead atoms. The minimum Gasteiger partial charge on any atom is -0.370 e. The van der Waals surface area contributed by atoms with Crippen LogP contribution in [0.1, 0.15) is 11.1 Å². The lowest BCUT2D eigenvalue weighted by Crippen LogP contribution is -2.25. The second-order valence-corrected chi connectivity index (χ2v) is 6.44. The van der Waals surface area contributed by atoms with Crippen LogP contribution in [0, 0.1) is 17.7 Å². The summed E-state index contributed by atoms with van der Waals surface area (Å²) in [4.78, 5) is 6.82. The van der Waals surface area contributed by atoms with Crippen LogP contribution in [0.25, 0.3) is 12.2 Å². The highest BCUT2D eigenvalue weighted by atomic mass is 19.1. The Bertz CT molecular complexity index is 699. The molecule has 2 saturated heterocycles. The smallest absolute Gasteiger partial charge is 0.123 e. The number of nitrogens with zero attached hydrogens (tertiary/aromatic N) is 2. The molecule has 2 fully saturated rings. The number of rotatable bonds is 3. The number of nitrogens with one attached hydrogen (secondary N) is 1. The average molecular weight is 309 g/mol. The summed E-state index contributed by atoms with van der Waals surface area (Å²) in [5.41, 5.74) is 3.25. The largest absolute Gasteiger partial charge is 0.370 e. The van der Waals surface area contributed by atoms with Gasteiger partial charge in [0.2, 0.25) is 0 Å². The highest BCUT2D eigenvalue weighted by Crippen LogP contribution is 2.30. The van der Waals surface area contributed by atoms with E-state index in [0.29, 0.717) is 0 Å². The summed E-state index contributed by atoms with van der Waals surface area (Å²) in [6, 6.07) is 8.69. The molecule has 0 spiro atoms. The van der Waals surface area contributed by atoms with Crippen molar-refractivity contribution in [1.29, 1.82) is 0 Å². The molecule has 4 heteroatoms. The summed E-state index contributed by atoms with van der Waals surface area (Å²) in [7, 11) is 0. The van der Waals surface area contributed by atoms with Crippen molar-refractivity contribution in [2.45, 2.75) is 0 Å². The van der Waals surface area contributed by atoms with E-state index in [2.05, 4.69) is 21.3 Å². The maximum Gasteiger partial charge on any atom is 0.123 e. The van der Waals surface area contributed by atoms with Gasteiger partial charge in [-0.3, -0.25) is 4.98 Å². The number of benzene rings is 1. The van der Waals surface area contributed by atoms with Crippen LogP contribution in [-0.4, -0.2) is 31.2 Å². The second-order valence-electron chi connectivity index (χ2n) is 6.44. The minimum atomic E-state index is -0.208. The van der Waals surface area contributed by atoms with E-state index in [1.807, 2.05) is 24.5 Å². The minimum absolute atomic E-state index is 0.208. The van der Waals surface area contributed by atoms with E-state index in [1.165, 1.54) is 17.8 Å². The summed E-state index contributed by atoms with van der Waals surface area (Å²) >= 11 is 0. The molecular formula is C19H20FN3. The van der Waals surface area contributed by atoms with Gasteiger partial charge in [0.1, 0.15) is 5.82 Å². The van der Waals surface area contributed by atoms with Crippen LogP contribution in [-0.2, 0) is 0 Å². The van der Waals surface area contributed by atoms with Crippen LogP contribution in [0.15, 0.2) is 42.7 Å². The van der Waals surface area contributed by atoms with E-state index in [1.54, 1.807) is 12.1 Å². The molecule has 23 heavy (non-hydrogen) atoms. The number of pyridine rings is 1. The Labute approximate surface area is 135 Å². The molecule has 0 radical (unpaired) electrons. The average Bonchev–Trinajstić information content (AvgIpc) is 3.16. The maximum absolute atomic E-state index is 12.9. The number of hydrogen-bond acceptors (Lipinski definition) is 3. The highest BCUT2D eigenvalue weighted by molar-refractivity contribution is 5.70. The van der Waals surface area contributed by atoms with Gasteiger partial charge in [-0.1, -0.05) is 24.3 Å². The Morgan fingerprint density at radius 3 is 2.43 bits per heavy atom. The molecule has 118 valence electrons. The Kier molecular flexibility index (Phi) is 3.83. The van der Waals surface area contributed by atoms with Crippen molar-refractivity contribution in [2.24, 2.45) is 11.8 Å². The first-order valence-corrected chi connectivity index (χ1v) is 8.12. The Morgan fingerprint density at radius 1 is 1.00 bits per heavy atom. The zero-order valence-corrected chi connectivity index (χ0v) is 13.0. The third-order valence-electron chi connectivity index (χ3n) is 4.84. The lowest BCUT2D eigenvalue weighted by atomic mass is 10.0. The maximum atomic E-state index is 12.9. The van der Waals surface area contributed by atoms with E-state index in [0.717, 1.165) is 49.1 Å². The molecule has 3 nitrogen and oxygen atoms in total. The van der Waals surface area contributed by atoms with Gasteiger partial charge >= 0.3 is 0 Å². The van der Waals surface area contributed by atoms with Crippen molar-refractivity contribution >= 4 is 17.8 Å². The number of aromatic nitrogens is 1. The van der Waals surface area contributed by atoms with Crippen molar-refractivity contribution in [2.75, 3.05) is 31.1 Å². The van der Waals surface area contributed by atoms with Crippen molar-refractivity contribution in [3.05, 3.63) is 59.7 Å². The quantitative estimate of drug-likeness (QED) is 0.944. The first-order chi connectivity index (χ1) is 11.3.